The van der Waals surface area contributed by atoms with Gasteiger partial charge in [-0.05, 0) is 5.56 Å². The van der Waals surface area contributed by atoms with Crippen LogP contribution in [0, 0.1) is 0 Å². The van der Waals surface area contributed by atoms with Gasteiger partial charge in [-0.1, -0.05) is 24.3 Å². The van der Waals surface area contributed by atoms with Crippen molar-refractivity contribution in [2.75, 3.05) is 13.2 Å². The first kappa shape index (κ1) is 13.9. The molecule has 0 amide bonds. The first-order valence-corrected chi connectivity index (χ1v) is 5.01. The summed E-state index contributed by atoms with van der Waals surface area (Å²) in [6, 6.07) is 5.41. The third kappa shape index (κ3) is 4.70. The quantitative estimate of drug-likeness (QED) is 0.761. The number of halogens is 4. The highest BCUT2D eigenvalue weighted by molar-refractivity contribution is 5.23. The van der Waals surface area contributed by atoms with Crippen LogP contribution < -0.4 is 5.32 Å². The molecule has 2 N–H and O–H groups in total. The Kier molecular flexibility index (Phi) is 4.89. The molecule has 0 aliphatic heterocycles. The van der Waals surface area contributed by atoms with Crippen LogP contribution in [0.4, 0.5) is 17.6 Å². The Morgan fingerprint density at radius 3 is 2.24 bits per heavy atom. The number of nitrogens with one attached hydrogen (secondary N) is 1. The maximum Gasteiger partial charge on any atom is 0.282 e. The van der Waals surface area contributed by atoms with Crippen LogP contribution in [0.25, 0.3) is 0 Å². The monoisotopic (exact) mass is 251 g/mol. The molecule has 0 atom stereocenters. The summed E-state index contributed by atoms with van der Waals surface area (Å²) >= 11 is 0. The summed E-state index contributed by atoms with van der Waals surface area (Å²) in [6.45, 7) is -1.73. The van der Waals surface area contributed by atoms with E-state index in [1.54, 1.807) is 0 Å². The third-order valence-electron chi connectivity index (χ3n) is 2.18. The standard InChI is InChI=1S/C11H13F4NO/c12-10(13)9-3-1-8(2-4-9)5-16-6-11(14,15)7-17/h1-4,10,16-17H,5-7H2. The lowest BCUT2D eigenvalue weighted by Crippen LogP contribution is -2.35. The molecule has 17 heavy (non-hydrogen) atoms. The molecule has 0 spiro atoms. The highest BCUT2D eigenvalue weighted by Gasteiger charge is 2.26. The van der Waals surface area contributed by atoms with Crippen molar-refractivity contribution in [2.45, 2.75) is 18.9 Å². The van der Waals surface area contributed by atoms with Gasteiger partial charge in [-0.2, -0.15) is 0 Å². The molecule has 0 radical (unpaired) electrons. The third-order valence-corrected chi connectivity index (χ3v) is 2.18. The second kappa shape index (κ2) is 5.97. The van der Waals surface area contributed by atoms with E-state index in [0.717, 1.165) is 0 Å². The SMILES string of the molecule is OCC(F)(F)CNCc1ccc(C(F)F)cc1. The van der Waals surface area contributed by atoms with Gasteiger partial charge in [0, 0.05) is 12.1 Å². The molecule has 0 heterocycles. The fourth-order valence-electron chi connectivity index (χ4n) is 1.23. The zero-order valence-electron chi connectivity index (χ0n) is 8.97. The molecule has 6 heteroatoms. The summed E-state index contributed by atoms with van der Waals surface area (Å²) < 4.78 is 49.6. The van der Waals surface area contributed by atoms with Gasteiger partial charge in [-0.25, -0.2) is 17.6 Å². The molecular weight excluding hydrogens is 238 g/mol. The minimum Gasteiger partial charge on any atom is -0.390 e. The minimum atomic E-state index is -3.16. The number of hydrogen-bond donors (Lipinski definition) is 2. The van der Waals surface area contributed by atoms with Crippen molar-refractivity contribution in [2.24, 2.45) is 0 Å². The van der Waals surface area contributed by atoms with Crippen molar-refractivity contribution in [1.82, 2.24) is 5.32 Å². The van der Waals surface area contributed by atoms with Crippen LogP contribution in [0.1, 0.15) is 17.6 Å². The second-order valence-corrected chi connectivity index (χ2v) is 3.66. The Morgan fingerprint density at radius 1 is 1.18 bits per heavy atom. The zero-order chi connectivity index (χ0) is 12.9. The Labute approximate surface area is 96.3 Å². The number of rotatable bonds is 6. The summed E-state index contributed by atoms with van der Waals surface area (Å²) in [7, 11) is 0. The maximum absolute atomic E-state index is 12.6. The molecule has 2 nitrogen and oxygen atoms in total. The molecule has 0 aliphatic carbocycles. The molecule has 1 rings (SSSR count). The van der Waals surface area contributed by atoms with Crippen LogP contribution in [-0.4, -0.2) is 24.2 Å². The van der Waals surface area contributed by atoms with Crippen LogP contribution in [0.5, 0.6) is 0 Å². The molecule has 0 aromatic heterocycles. The molecule has 0 fully saturated rings. The van der Waals surface area contributed by atoms with Gasteiger partial charge in [0.05, 0.1) is 6.54 Å². The molecule has 0 unspecified atom stereocenters. The van der Waals surface area contributed by atoms with Crippen LogP contribution in [-0.2, 0) is 6.54 Å². The molecule has 0 saturated carbocycles. The van der Waals surface area contributed by atoms with Crippen LogP contribution >= 0.6 is 0 Å². The molecular formula is C11H13F4NO. The van der Waals surface area contributed by atoms with E-state index >= 15 is 0 Å². The average molecular weight is 251 g/mol. The summed E-state index contributed by atoms with van der Waals surface area (Å²) in [5, 5.41) is 10.8. The maximum atomic E-state index is 12.6. The smallest absolute Gasteiger partial charge is 0.282 e. The Hall–Kier alpha value is -1.14. The Bertz CT molecular complexity index is 340. The van der Waals surface area contributed by atoms with Crippen LogP contribution in [0.15, 0.2) is 24.3 Å². The number of aliphatic hydroxyl groups is 1. The second-order valence-electron chi connectivity index (χ2n) is 3.66. The molecule has 0 aliphatic rings. The van der Waals surface area contributed by atoms with Gasteiger partial charge in [0.15, 0.2) is 0 Å². The molecule has 1 aromatic rings. The Balaban J connectivity index is 2.42. The largest absolute Gasteiger partial charge is 0.390 e. The van der Waals surface area contributed by atoms with E-state index in [1.165, 1.54) is 24.3 Å². The van der Waals surface area contributed by atoms with E-state index in [0.29, 0.717) is 5.56 Å². The lowest BCUT2D eigenvalue weighted by molar-refractivity contribution is -0.0477. The summed E-state index contributed by atoms with van der Waals surface area (Å²) in [5.74, 6) is -3.16. The first-order chi connectivity index (χ1) is 7.94. The van der Waals surface area contributed by atoms with Crippen LogP contribution in [0.3, 0.4) is 0 Å². The first-order valence-electron chi connectivity index (χ1n) is 5.01. The van der Waals surface area contributed by atoms with E-state index in [9.17, 15) is 17.6 Å². The summed E-state index contributed by atoms with van der Waals surface area (Å²) in [6.07, 6.45) is -2.53. The number of alkyl halides is 4. The fraction of sp³-hybridized carbons (Fsp3) is 0.455. The number of benzene rings is 1. The van der Waals surface area contributed by atoms with E-state index in [-0.39, 0.29) is 12.1 Å². The molecule has 0 bridgehead atoms. The van der Waals surface area contributed by atoms with Gasteiger partial charge in [-0.15, -0.1) is 0 Å². The van der Waals surface area contributed by atoms with Gasteiger partial charge in [0.25, 0.3) is 12.3 Å². The molecule has 1 aromatic carbocycles. The van der Waals surface area contributed by atoms with Gasteiger partial charge in [0.1, 0.15) is 6.61 Å². The zero-order valence-corrected chi connectivity index (χ0v) is 8.97. The van der Waals surface area contributed by atoms with Gasteiger partial charge in [-0.3, -0.25) is 0 Å². The van der Waals surface area contributed by atoms with E-state index in [4.69, 9.17) is 5.11 Å². The lowest BCUT2D eigenvalue weighted by atomic mass is 10.1. The molecule has 0 saturated heterocycles. The predicted molar refractivity (Wildman–Crippen MR) is 55.1 cm³/mol. The Morgan fingerprint density at radius 2 is 1.76 bits per heavy atom. The number of hydrogen-bond acceptors (Lipinski definition) is 2. The lowest BCUT2D eigenvalue weighted by Gasteiger charge is -2.14. The highest BCUT2D eigenvalue weighted by Crippen LogP contribution is 2.18. The van der Waals surface area contributed by atoms with Crippen molar-refractivity contribution in [3.8, 4) is 0 Å². The average Bonchev–Trinajstić information content (AvgIpc) is 2.29. The normalized spacial score (nSPS) is 12.1. The van der Waals surface area contributed by atoms with Crippen molar-refractivity contribution in [1.29, 1.82) is 0 Å². The summed E-state index contributed by atoms with van der Waals surface area (Å²) in [4.78, 5) is 0. The van der Waals surface area contributed by atoms with E-state index < -0.39 is 25.5 Å². The van der Waals surface area contributed by atoms with Crippen molar-refractivity contribution in [3.63, 3.8) is 0 Å². The summed E-state index contributed by atoms with van der Waals surface area (Å²) in [5.41, 5.74) is 0.526. The van der Waals surface area contributed by atoms with E-state index in [2.05, 4.69) is 5.32 Å². The van der Waals surface area contributed by atoms with Gasteiger partial charge in [0.2, 0.25) is 0 Å². The van der Waals surface area contributed by atoms with Crippen LogP contribution in [0.2, 0.25) is 0 Å². The van der Waals surface area contributed by atoms with Crippen molar-refractivity contribution < 1.29 is 22.7 Å². The highest BCUT2D eigenvalue weighted by atomic mass is 19.3. The topological polar surface area (TPSA) is 32.3 Å². The predicted octanol–water partition coefficient (Wildman–Crippen LogP) is 2.34. The van der Waals surface area contributed by atoms with Gasteiger partial charge < -0.3 is 10.4 Å². The fourth-order valence-corrected chi connectivity index (χ4v) is 1.23. The molecule has 96 valence electrons. The van der Waals surface area contributed by atoms with Crippen molar-refractivity contribution >= 4 is 0 Å². The minimum absolute atomic E-state index is 0.102. The van der Waals surface area contributed by atoms with E-state index in [1.807, 2.05) is 0 Å². The van der Waals surface area contributed by atoms with Gasteiger partial charge >= 0.3 is 0 Å². The number of aliphatic hydroxyl groups excluding tert-OH is 1. The van der Waals surface area contributed by atoms with Crippen molar-refractivity contribution in [3.05, 3.63) is 35.4 Å².